The standard InChI is InChI=1S/C18H28N2O/c1-4-20-10-6-9-16(20)11-19-12-17(13-19)21-18-14(2)7-5-8-15(18)3/h5,7-8,16-17H,4,6,9-13H2,1-3H3. The maximum absolute atomic E-state index is 6.20. The van der Waals surface area contributed by atoms with Gasteiger partial charge in [0.2, 0.25) is 0 Å². The van der Waals surface area contributed by atoms with Crippen LogP contribution >= 0.6 is 0 Å². The number of hydrogen-bond donors (Lipinski definition) is 0. The van der Waals surface area contributed by atoms with Gasteiger partial charge in [0.25, 0.3) is 0 Å². The molecule has 1 aromatic rings. The lowest BCUT2D eigenvalue weighted by molar-refractivity contribution is 0.00554. The third-order valence-corrected chi connectivity index (χ3v) is 4.99. The minimum absolute atomic E-state index is 0.376. The first-order chi connectivity index (χ1) is 10.2. The molecule has 0 bridgehead atoms. The highest BCUT2D eigenvalue weighted by Crippen LogP contribution is 2.27. The van der Waals surface area contributed by atoms with Crippen LogP contribution in [-0.4, -0.2) is 54.7 Å². The molecule has 0 amide bonds. The molecule has 0 aromatic heterocycles. The highest BCUT2D eigenvalue weighted by molar-refractivity contribution is 5.40. The molecule has 2 aliphatic rings. The minimum atomic E-state index is 0.376. The summed E-state index contributed by atoms with van der Waals surface area (Å²) >= 11 is 0. The van der Waals surface area contributed by atoms with Gasteiger partial charge in [-0.15, -0.1) is 0 Å². The van der Waals surface area contributed by atoms with E-state index in [-0.39, 0.29) is 0 Å². The van der Waals surface area contributed by atoms with Crippen molar-refractivity contribution >= 4 is 0 Å². The van der Waals surface area contributed by atoms with Crippen LogP contribution in [0.1, 0.15) is 30.9 Å². The molecule has 1 atom stereocenters. The summed E-state index contributed by atoms with van der Waals surface area (Å²) in [5.74, 6) is 1.10. The van der Waals surface area contributed by atoms with Crippen molar-refractivity contribution in [3.05, 3.63) is 29.3 Å². The molecule has 2 aliphatic heterocycles. The van der Waals surface area contributed by atoms with Crippen LogP contribution in [0.25, 0.3) is 0 Å². The van der Waals surface area contributed by atoms with E-state index in [1.165, 1.54) is 43.6 Å². The summed E-state index contributed by atoms with van der Waals surface area (Å²) in [4.78, 5) is 5.18. The van der Waals surface area contributed by atoms with Crippen molar-refractivity contribution in [2.75, 3.05) is 32.7 Å². The van der Waals surface area contributed by atoms with E-state index in [2.05, 4.69) is 48.8 Å². The maximum Gasteiger partial charge on any atom is 0.125 e. The first-order valence-corrected chi connectivity index (χ1v) is 8.36. The summed E-state index contributed by atoms with van der Waals surface area (Å²) in [6, 6.07) is 7.15. The first kappa shape index (κ1) is 14.9. The molecule has 0 N–H and O–H groups in total. The number of rotatable bonds is 5. The van der Waals surface area contributed by atoms with Gasteiger partial charge < -0.3 is 4.74 Å². The van der Waals surface area contributed by atoms with Crippen molar-refractivity contribution in [2.24, 2.45) is 0 Å². The largest absolute Gasteiger partial charge is 0.487 e. The van der Waals surface area contributed by atoms with Crippen molar-refractivity contribution in [1.82, 2.24) is 9.80 Å². The van der Waals surface area contributed by atoms with Crippen LogP contribution in [0, 0.1) is 13.8 Å². The SMILES string of the molecule is CCN1CCCC1CN1CC(Oc2c(C)cccc2C)C1. The van der Waals surface area contributed by atoms with Gasteiger partial charge in [-0.3, -0.25) is 9.80 Å². The summed E-state index contributed by atoms with van der Waals surface area (Å²) in [6.45, 7) is 12.4. The molecule has 0 aliphatic carbocycles. The van der Waals surface area contributed by atoms with Crippen LogP contribution in [0.2, 0.25) is 0 Å². The third kappa shape index (κ3) is 3.24. The molecule has 3 rings (SSSR count). The van der Waals surface area contributed by atoms with Crippen molar-refractivity contribution in [1.29, 1.82) is 0 Å². The van der Waals surface area contributed by atoms with Gasteiger partial charge >= 0.3 is 0 Å². The molecule has 3 nitrogen and oxygen atoms in total. The molecule has 0 radical (unpaired) electrons. The smallest absolute Gasteiger partial charge is 0.125 e. The Kier molecular flexibility index (Phi) is 4.51. The molecular weight excluding hydrogens is 260 g/mol. The van der Waals surface area contributed by atoms with Gasteiger partial charge in [-0.05, 0) is 50.9 Å². The van der Waals surface area contributed by atoms with Gasteiger partial charge in [-0.25, -0.2) is 0 Å². The fourth-order valence-corrected chi connectivity index (χ4v) is 3.71. The number of ether oxygens (including phenoxy) is 1. The maximum atomic E-state index is 6.20. The minimum Gasteiger partial charge on any atom is -0.487 e. The molecule has 1 aromatic carbocycles. The fourth-order valence-electron chi connectivity index (χ4n) is 3.71. The predicted molar refractivity (Wildman–Crippen MR) is 87.0 cm³/mol. The van der Waals surface area contributed by atoms with Crippen LogP contribution < -0.4 is 4.74 Å². The Morgan fingerprint density at radius 1 is 1.19 bits per heavy atom. The molecule has 3 heteroatoms. The monoisotopic (exact) mass is 288 g/mol. The van der Waals surface area contributed by atoms with Crippen LogP contribution in [0.3, 0.4) is 0 Å². The molecule has 2 fully saturated rings. The van der Waals surface area contributed by atoms with E-state index in [4.69, 9.17) is 4.74 Å². The molecule has 1 unspecified atom stereocenters. The Balaban J connectivity index is 1.48. The van der Waals surface area contributed by atoms with E-state index < -0.39 is 0 Å². The van der Waals surface area contributed by atoms with Crippen molar-refractivity contribution in [3.8, 4) is 5.75 Å². The van der Waals surface area contributed by atoms with E-state index >= 15 is 0 Å². The summed E-state index contributed by atoms with van der Waals surface area (Å²) in [7, 11) is 0. The van der Waals surface area contributed by atoms with E-state index in [0.717, 1.165) is 24.9 Å². The number of para-hydroxylation sites is 1. The summed E-state index contributed by atoms with van der Waals surface area (Å²) < 4.78 is 6.20. The third-order valence-electron chi connectivity index (χ3n) is 4.99. The van der Waals surface area contributed by atoms with E-state index in [1.807, 2.05) is 0 Å². The number of benzene rings is 1. The normalized spacial score (nSPS) is 24.2. The average molecular weight is 288 g/mol. The number of hydrogen-bond acceptors (Lipinski definition) is 3. The molecule has 2 saturated heterocycles. The van der Waals surface area contributed by atoms with Gasteiger partial charge in [-0.2, -0.15) is 0 Å². The lowest BCUT2D eigenvalue weighted by atomic mass is 10.1. The molecule has 0 saturated carbocycles. The second-order valence-electron chi connectivity index (χ2n) is 6.60. The summed E-state index contributed by atoms with van der Waals surface area (Å²) in [5, 5.41) is 0. The molecule has 0 spiro atoms. The molecule has 2 heterocycles. The second kappa shape index (κ2) is 6.37. The number of aryl methyl sites for hydroxylation is 2. The zero-order valence-corrected chi connectivity index (χ0v) is 13.6. The Morgan fingerprint density at radius 3 is 2.57 bits per heavy atom. The van der Waals surface area contributed by atoms with E-state index in [1.54, 1.807) is 0 Å². The lowest BCUT2D eigenvalue weighted by Crippen LogP contribution is -2.57. The quantitative estimate of drug-likeness (QED) is 0.828. The van der Waals surface area contributed by atoms with Gasteiger partial charge in [-0.1, -0.05) is 25.1 Å². The second-order valence-corrected chi connectivity index (χ2v) is 6.60. The Hall–Kier alpha value is -1.06. The number of likely N-dealkylation sites (tertiary alicyclic amines) is 2. The lowest BCUT2D eigenvalue weighted by Gasteiger charge is -2.42. The number of nitrogens with zero attached hydrogens (tertiary/aromatic N) is 2. The van der Waals surface area contributed by atoms with E-state index in [0.29, 0.717) is 6.10 Å². The zero-order valence-electron chi connectivity index (χ0n) is 13.6. The van der Waals surface area contributed by atoms with Crippen LogP contribution in [0.5, 0.6) is 5.75 Å². The van der Waals surface area contributed by atoms with Gasteiger partial charge in [0.1, 0.15) is 11.9 Å². The van der Waals surface area contributed by atoms with Gasteiger partial charge in [0.05, 0.1) is 0 Å². The van der Waals surface area contributed by atoms with Gasteiger partial charge in [0, 0.05) is 25.7 Å². The van der Waals surface area contributed by atoms with Crippen LogP contribution in [-0.2, 0) is 0 Å². The molecule has 21 heavy (non-hydrogen) atoms. The molecular formula is C18H28N2O. The Labute approximate surface area is 128 Å². The van der Waals surface area contributed by atoms with Crippen LogP contribution in [0.4, 0.5) is 0 Å². The predicted octanol–water partition coefficient (Wildman–Crippen LogP) is 2.85. The topological polar surface area (TPSA) is 15.7 Å². The van der Waals surface area contributed by atoms with E-state index in [9.17, 15) is 0 Å². The Bertz CT molecular complexity index is 462. The van der Waals surface area contributed by atoms with Crippen LogP contribution in [0.15, 0.2) is 18.2 Å². The average Bonchev–Trinajstić information content (AvgIpc) is 2.87. The summed E-state index contributed by atoms with van der Waals surface area (Å²) in [6.07, 6.45) is 3.11. The van der Waals surface area contributed by atoms with Gasteiger partial charge in [0.15, 0.2) is 0 Å². The summed E-state index contributed by atoms with van der Waals surface area (Å²) in [5.41, 5.74) is 2.50. The highest BCUT2D eigenvalue weighted by atomic mass is 16.5. The van der Waals surface area contributed by atoms with Crippen molar-refractivity contribution in [2.45, 2.75) is 45.8 Å². The van der Waals surface area contributed by atoms with Crippen molar-refractivity contribution < 1.29 is 4.74 Å². The number of likely N-dealkylation sites (N-methyl/N-ethyl adjacent to an activating group) is 1. The Morgan fingerprint density at radius 2 is 1.90 bits per heavy atom. The fraction of sp³-hybridized carbons (Fsp3) is 0.667. The molecule has 116 valence electrons. The zero-order chi connectivity index (χ0) is 14.8. The highest BCUT2D eigenvalue weighted by Gasteiger charge is 2.33. The first-order valence-electron chi connectivity index (χ1n) is 8.36. The van der Waals surface area contributed by atoms with Crippen molar-refractivity contribution in [3.63, 3.8) is 0 Å².